The van der Waals surface area contributed by atoms with Crippen LogP contribution >= 0.6 is 0 Å². The Bertz CT molecular complexity index is 652. The van der Waals surface area contributed by atoms with Crippen molar-refractivity contribution in [3.8, 4) is 17.2 Å². The number of methoxy groups -OCH3 is 1. The molecule has 0 radical (unpaired) electrons. The van der Waals surface area contributed by atoms with Crippen LogP contribution in [0.15, 0.2) is 42.5 Å². The summed E-state index contributed by atoms with van der Waals surface area (Å²) in [4.78, 5) is 13.2. The molecular weight excluding hydrogens is 270 g/mol. The van der Waals surface area contributed by atoms with Crippen LogP contribution in [0.3, 0.4) is 0 Å². The van der Waals surface area contributed by atoms with E-state index < -0.39 is 5.97 Å². The molecule has 0 heterocycles. The lowest BCUT2D eigenvalue weighted by Crippen LogP contribution is -2.08. The van der Waals surface area contributed by atoms with Crippen LogP contribution in [0.25, 0.3) is 0 Å². The molecule has 5 heteroatoms. The highest BCUT2D eigenvalue weighted by Gasteiger charge is 2.13. The van der Waals surface area contributed by atoms with Gasteiger partial charge in [-0.15, -0.1) is 0 Å². The summed E-state index contributed by atoms with van der Waals surface area (Å²) in [5, 5.41) is 9.22. The van der Waals surface area contributed by atoms with Crippen LogP contribution in [0.2, 0.25) is 0 Å². The van der Waals surface area contributed by atoms with Crippen LogP contribution in [0.1, 0.15) is 10.4 Å². The largest absolute Gasteiger partial charge is 0.497 e. The molecule has 1 N–H and O–H groups in total. The van der Waals surface area contributed by atoms with Gasteiger partial charge in [-0.05, 0) is 24.3 Å². The highest BCUT2D eigenvalue weighted by Crippen LogP contribution is 2.31. The molecule has 21 heavy (non-hydrogen) atoms. The van der Waals surface area contributed by atoms with Gasteiger partial charge < -0.3 is 19.5 Å². The molecule has 0 aliphatic rings. The van der Waals surface area contributed by atoms with Gasteiger partial charge in [0.05, 0.1) is 7.11 Å². The van der Waals surface area contributed by atoms with Gasteiger partial charge in [-0.3, -0.25) is 0 Å². The number of carboxylic acid groups (broad SMARTS) is 1. The van der Waals surface area contributed by atoms with Crippen molar-refractivity contribution in [1.82, 2.24) is 0 Å². The molecule has 5 nitrogen and oxygen atoms in total. The highest BCUT2D eigenvalue weighted by atomic mass is 16.5. The molecule has 0 saturated heterocycles. The van der Waals surface area contributed by atoms with Gasteiger partial charge in [0.1, 0.15) is 22.8 Å². The van der Waals surface area contributed by atoms with Gasteiger partial charge in [0.2, 0.25) is 0 Å². The number of carboxylic acids is 1. The molecule has 0 aliphatic carbocycles. The van der Waals surface area contributed by atoms with Crippen molar-refractivity contribution in [3.05, 3.63) is 48.0 Å². The maximum atomic E-state index is 11.3. The van der Waals surface area contributed by atoms with Gasteiger partial charge in [-0.25, -0.2) is 4.79 Å². The smallest absolute Gasteiger partial charge is 0.339 e. The molecule has 110 valence electrons. The standard InChI is InChI=1S/C16H17NO4/c1-17(2)11-5-4-6-13(9-11)21-15-10-12(20-3)7-8-14(15)16(18)19/h4-10H,1-3H3,(H,18,19). The third-order valence-corrected chi connectivity index (χ3v) is 2.98. The SMILES string of the molecule is COc1ccc(C(=O)O)c(Oc2cccc(N(C)C)c2)c1. The van der Waals surface area contributed by atoms with Crippen LogP contribution in [0.4, 0.5) is 5.69 Å². The topological polar surface area (TPSA) is 59.0 Å². The summed E-state index contributed by atoms with van der Waals surface area (Å²) in [6.45, 7) is 0. The van der Waals surface area contributed by atoms with Crippen molar-refractivity contribution in [1.29, 1.82) is 0 Å². The molecule has 0 bridgehead atoms. The Balaban J connectivity index is 2.38. The molecule has 2 aromatic carbocycles. The van der Waals surface area contributed by atoms with Crippen molar-refractivity contribution in [2.45, 2.75) is 0 Å². The van der Waals surface area contributed by atoms with Crippen molar-refractivity contribution < 1.29 is 19.4 Å². The normalized spacial score (nSPS) is 10.0. The number of aromatic carboxylic acids is 1. The van der Waals surface area contributed by atoms with Crippen LogP contribution in [0, 0.1) is 0 Å². The average molecular weight is 287 g/mol. The Morgan fingerprint density at radius 2 is 1.86 bits per heavy atom. The Morgan fingerprint density at radius 1 is 1.10 bits per heavy atom. The van der Waals surface area contributed by atoms with E-state index >= 15 is 0 Å². The highest BCUT2D eigenvalue weighted by molar-refractivity contribution is 5.91. The Hall–Kier alpha value is -2.69. The first-order chi connectivity index (χ1) is 10.0. The summed E-state index contributed by atoms with van der Waals surface area (Å²) in [5.41, 5.74) is 1.05. The second kappa shape index (κ2) is 6.17. The third kappa shape index (κ3) is 3.45. The van der Waals surface area contributed by atoms with E-state index in [0.29, 0.717) is 11.5 Å². The van der Waals surface area contributed by atoms with E-state index in [9.17, 15) is 9.90 Å². The Morgan fingerprint density at radius 3 is 2.48 bits per heavy atom. The molecule has 0 unspecified atom stereocenters. The molecular formula is C16H17NO4. The zero-order chi connectivity index (χ0) is 15.4. The van der Waals surface area contributed by atoms with Gasteiger partial charge >= 0.3 is 5.97 Å². The van der Waals surface area contributed by atoms with Crippen molar-refractivity contribution >= 4 is 11.7 Å². The number of nitrogens with zero attached hydrogens (tertiary/aromatic N) is 1. The zero-order valence-corrected chi connectivity index (χ0v) is 12.2. The van der Waals surface area contributed by atoms with E-state index in [2.05, 4.69) is 0 Å². The van der Waals surface area contributed by atoms with Gasteiger partial charge in [-0.2, -0.15) is 0 Å². The minimum atomic E-state index is -1.04. The number of anilines is 1. The Kier molecular flexibility index (Phi) is 4.33. The maximum absolute atomic E-state index is 11.3. The molecule has 2 rings (SSSR count). The number of ether oxygens (including phenoxy) is 2. The summed E-state index contributed by atoms with van der Waals surface area (Å²) in [6, 6.07) is 12.0. The lowest BCUT2D eigenvalue weighted by atomic mass is 10.2. The third-order valence-electron chi connectivity index (χ3n) is 2.98. The van der Waals surface area contributed by atoms with Gasteiger partial charge in [-0.1, -0.05) is 6.07 Å². The molecule has 0 aromatic heterocycles. The van der Waals surface area contributed by atoms with Gasteiger partial charge in [0.15, 0.2) is 0 Å². The first-order valence-corrected chi connectivity index (χ1v) is 6.38. The lowest BCUT2D eigenvalue weighted by molar-refractivity contribution is 0.0694. The summed E-state index contributed by atoms with van der Waals surface area (Å²) in [5.74, 6) is 0.310. The quantitative estimate of drug-likeness (QED) is 0.914. The second-order valence-corrected chi connectivity index (χ2v) is 4.66. The minimum Gasteiger partial charge on any atom is -0.497 e. The fourth-order valence-electron chi connectivity index (χ4n) is 1.84. The van der Waals surface area contributed by atoms with E-state index in [1.165, 1.54) is 13.2 Å². The van der Waals surface area contributed by atoms with Gasteiger partial charge in [0.25, 0.3) is 0 Å². The summed E-state index contributed by atoms with van der Waals surface area (Å²) in [7, 11) is 5.37. The predicted octanol–water partition coefficient (Wildman–Crippen LogP) is 3.25. The predicted molar refractivity (Wildman–Crippen MR) is 80.8 cm³/mol. The van der Waals surface area contributed by atoms with E-state index in [0.717, 1.165) is 5.69 Å². The number of benzene rings is 2. The number of hydrogen-bond donors (Lipinski definition) is 1. The summed E-state index contributed by atoms with van der Waals surface area (Å²) < 4.78 is 10.8. The molecule has 0 saturated carbocycles. The Labute approximate surface area is 123 Å². The minimum absolute atomic E-state index is 0.0889. The first-order valence-electron chi connectivity index (χ1n) is 6.38. The molecule has 0 fully saturated rings. The van der Waals surface area contributed by atoms with E-state index in [1.807, 2.05) is 37.2 Å². The van der Waals surface area contributed by atoms with Crippen LogP contribution in [-0.2, 0) is 0 Å². The first kappa shape index (κ1) is 14.7. The molecule has 0 aliphatic heterocycles. The lowest BCUT2D eigenvalue weighted by Gasteiger charge is -2.15. The van der Waals surface area contributed by atoms with E-state index in [1.54, 1.807) is 18.2 Å². The maximum Gasteiger partial charge on any atom is 0.339 e. The van der Waals surface area contributed by atoms with Crippen molar-refractivity contribution in [2.24, 2.45) is 0 Å². The van der Waals surface area contributed by atoms with Gasteiger partial charge in [0, 0.05) is 31.9 Å². The van der Waals surface area contributed by atoms with E-state index in [4.69, 9.17) is 9.47 Å². The zero-order valence-electron chi connectivity index (χ0n) is 12.2. The number of hydrogen-bond acceptors (Lipinski definition) is 4. The molecule has 0 spiro atoms. The fourth-order valence-corrected chi connectivity index (χ4v) is 1.84. The summed E-state index contributed by atoms with van der Waals surface area (Å²) >= 11 is 0. The molecule has 0 atom stereocenters. The van der Waals surface area contributed by atoms with Crippen LogP contribution in [-0.4, -0.2) is 32.3 Å². The molecule has 2 aromatic rings. The number of carbonyl (C=O) groups is 1. The van der Waals surface area contributed by atoms with E-state index in [-0.39, 0.29) is 11.3 Å². The monoisotopic (exact) mass is 287 g/mol. The number of rotatable bonds is 5. The van der Waals surface area contributed by atoms with Crippen molar-refractivity contribution in [3.63, 3.8) is 0 Å². The fraction of sp³-hybridized carbons (Fsp3) is 0.188. The van der Waals surface area contributed by atoms with Crippen LogP contribution < -0.4 is 14.4 Å². The molecule has 0 amide bonds. The van der Waals surface area contributed by atoms with Crippen LogP contribution in [0.5, 0.6) is 17.2 Å². The van der Waals surface area contributed by atoms with Crippen molar-refractivity contribution in [2.75, 3.05) is 26.1 Å². The average Bonchev–Trinajstić information content (AvgIpc) is 2.47. The summed E-state index contributed by atoms with van der Waals surface area (Å²) in [6.07, 6.45) is 0. The second-order valence-electron chi connectivity index (χ2n) is 4.66.